The molecule has 62 heavy (non-hydrogen) atoms. The molecule has 0 aliphatic rings. The predicted octanol–water partition coefficient (Wildman–Crippen LogP) is 15.5. The zero-order chi connectivity index (χ0) is 40.7. The summed E-state index contributed by atoms with van der Waals surface area (Å²) in [7, 11) is 0. The Kier molecular flexibility index (Phi) is 7.54. The van der Waals surface area contributed by atoms with Gasteiger partial charge < -0.3 is 8.83 Å². The molecule has 0 spiro atoms. The van der Waals surface area contributed by atoms with E-state index in [0.717, 1.165) is 104 Å². The molecule has 0 saturated heterocycles. The summed E-state index contributed by atoms with van der Waals surface area (Å²) in [6.45, 7) is 0. The highest BCUT2D eigenvalue weighted by Gasteiger charge is 2.19. The van der Waals surface area contributed by atoms with E-state index in [4.69, 9.17) is 23.8 Å². The number of nitrogens with zero attached hydrogens (tertiary/aromatic N) is 3. The maximum absolute atomic E-state index is 6.31. The first-order valence-corrected chi connectivity index (χ1v) is 20.8. The standard InChI is InChI=1S/C57H33N3O2/c1-2-11-34(12-3-1)35-23-24-37-32-39(26-25-36(37)31-35)55-58-56(40-27-29-41-38(33-40)28-30-52-53(41)47-13-4-6-20-49(47)62-52)60-57(59-55)46-19-9-15-42-43(16-8-17-44(42)46)45-18-10-22-51-54(45)48-14-5-7-21-50(48)61-51/h1-33H. The number of benzene rings is 10. The van der Waals surface area contributed by atoms with E-state index < -0.39 is 0 Å². The van der Waals surface area contributed by atoms with Crippen LogP contribution in [0.15, 0.2) is 209 Å². The Labute approximate surface area is 355 Å². The van der Waals surface area contributed by atoms with Gasteiger partial charge in [-0.2, -0.15) is 0 Å². The summed E-state index contributed by atoms with van der Waals surface area (Å²) in [6, 6.07) is 69.9. The van der Waals surface area contributed by atoms with E-state index in [1.54, 1.807) is 0 Å². The van der Waals surface area contributed by atoms with E-state index in [1.165, 1.54) is 11.1 Å². The van der Waals surface area contributed by atoms with E-state index in [-0.39, 0.29) is 0 Å². The van der Waals surface area contributed by atoms with Crippen LogP contribution in [0.4, 0.5) is 0 Å². The molecule has 0 unspecified atom stereocenters. The molecule has 0 N–H and O–H groups in total. The first-order chi connectivity index (χ1) is 30.7. The summed E-state index contributed by atoms with van der Waals surface area (Å²) >= 11 is 0. The fraction of sp³-hybridized carbons (Fsp3) is 0. The zero-order valence-electron chi connectivity index (χ0n) is 33.2. The average molecular weight is 792 g/mol. The molecule has 13 rings (SSSR count). The summed E-state index contributed by atoms with van der Waals surface area (Å²) in [5.74, 6) is 1.82. The number of rotatable bonds is 5. The molecule has 0 aliphatic carbocycles. The third kappa shape index (κ3) is 5.45. The van der Waals surface area contributed by atoms with Crippen molar-refractivity contribution in [2.45, 2.75) is 0 Å². The molecule has 13 aromatic rings. The lowest BCUT2D eigenvalue weighted by molar-refractivity contribution is 0.668. The van der Waals surface area contributed by atoms with Crippen LogP contribution in [0, 0.1) is 0 Å². The van der Waals surface area contributed by atoms with Crippen LogP contribution < -0.4 is 0 Å². The van der Waals surface area contributed by atoms with Crippen LogP contribution >= 0.6 is 0 Å². The van der Waals surface area contributed by atoms with Gasteiger partial charge in [-0.25, -0.2) is 15.0 Å². The maximum Gasteiger partial charge on any atom is 0.164 e. The molecule has 3 heterocycles. The van der Waals surface area contributed by atoms with Crippen LogP contribution in [0.3, 0.4) is 0 Å². The minimum atomic E-state index is 0.603. The van der Waals surface area contributed by atoms with Crippen LogP contribution in [0.2, 0.25) is 0 Å². The lowest BCUT2D eigenvalue weighted by Gasteiger charge is -2.13. The topological polar surface area (TPSA) is 65.0 Å². The molecule has 0 amide bonds. The monoisotopic (exact) mass is 791 g/mol. The Balaban J connectivity index is 1.00. The van der Waals surface area contributed by atoms with E-state index >= 15 is 0 Å². The van der Waals surface area contributed by atoms with Crippen LogP contribution in [0.1, 0.15) is 0 Å². The van der Waals surface area contributed by atoms with Crippen molar-refractivity contribution in [3.63, 3.8) is 0 Å². The Morgan fingerprint density at radius 1 is 0.258 bits per heavy atom. The van der Waals surface area contributed by atoms with Gasteiger partial charge in [0.25, 0.3) is 0 Å². The second kappa shape index (κ2) is 13.6. The summed E-state index contributed by atoms with van der Waals surface area (Å²) in [5.41, 5.74) is 10.9. The predicted molar refractivity (Wildman–Crippen MR) is 254 cm³/mol. The van der Waals surface area contributed by atoms with Crippen LogP contribution in [0.5, 0.6) is 0 Å². The van der Waals surface area contributed by atoms with Gasteiger partial charge in [0.15, 0.2) is 17.5 Å². The molecule has 3 aromatic heterocycles. The smallest absolute Gasteiger partial charge is 0.164 e. The quantitative estimate of drug-likeness (QED) is 0.174. The fourth-order valence-electron chi connectivity index (χ4n) is 9.38. The van der Waals surface area contributed by atoms with E-state index in [1.807, 2.05) is 36.4 Å². The van der Waals surface area contributed by atoms with Crippen molar-refractivity contribution in [2.24, 2.45) is 0 Å². The lowest BCUT2D eigenvalue weighted by Crippen LogP contribution is -2.01. The number of hydrogen-bond donors (Lipinski definition) is 0. The Bertz CT molecular complexity index is 3940. The molecule has 5 nitrogen and oxygen atoms in total. The van der Waals surface area contributed by atoms with Crippen molar-refractivity contribution >= 4 is 76.2 Å². The molecule has 0 atom stereocenters. The van der Waals surface area contributed by atoms with Crippen molar-refractivity contribution in [3.8, 4) is 56.4 Å². The SMILES string of the molecule is c1ccc(-c2ccc3cc(-c4nc(-c5ccc6c(ccc7oc8ccccc8c76)c5)nc(-c5cccc6c(-c7cccc8oc9ccccc9c78)cccc56)n4)ccc3c2)cc1. The van der Waals surface area contributed by atoms with Gasteiger partial charge >= 0.3 is 0 Å². The second-order valence-electron chi connectivity index (χ2n) is 15.9. The first kappa shape index (κ1) is 34.5. The van der Waals surface area contributed by atoms with E-state index in [0.29, 0.717) is 17.5 Å². The van der Waals surface area contributed by atoms with Gasteiger partial charge in [0, 0.05) is 38.2 Å². The van der Waals surface area contributed by atoms with Gasteiger partial charge in [-0.15, -0.1) is 0 Å². The van der Waals surface area contributed by atoms with Crippen molar-refractivity contribution in [3.05, 3.63) is 200 Å². The van der Waals surface area contributed by atoms with E-state index in [2.05, 4.69) is 164 Å². The van der Waals surface area contributed by atoms with Crippen LogP contribution in [-0.2, 0) is 0 Å². The minimum Gasteiger partial charge on any atom is -0.456 e. The fourth-order valence-corrected chi connectivity index (χ4v) is 9.38. The van der Waals surface area contributed by atoms with Crippen LogP contribution in [0.25, 0.3) is 133 Å². The van der Waals surface area contributed by atoms with Crippen molar-refractivity contribution in [1.82, 2.24) is 15.0 Å². The van der Waals surface area contributed by atoms with Gasteiger partial charge in [-0.1, -0.05) is 158 Å². The molecule has 288 valence electrons. The number of para-hydroxylation sites is 2. The van der Waals surface area contributed by atoms with Crippen LogP contribution in [-0.4, -0.2) is 15.0 Å². The molecule has 0 aliphatic heterocycles. The molecule has 0 saturated carbocycles. The normalized spacial score (nSPS) is 11.9. The minimum absolute atomic E-state index is 0.603. The molecular weight excluding hydrogens is 759 g/mol. The van der Waals surface area contributed by atoms with E-state index in [9.17, 15) is 0 Å². The third-order valence-electron chi connectivity index (χ3n) is 12.3. The van der Waals surface area contributed by atoms with Gasteiger partial charge in [0.2, 0.25) is 0 Å². The lowest BCUT2D eigenvalue weighted by atomic mass is 9.93. The third-order valence-corrected chi connectivity index (χ3v) is 12.3. The Morgan fingerprint density at radius 2 is 0.758 bits per heavy atom. The Morgan fingerprint density at radius 3 is 1.52 bits per heavy atom. The molecule has 5 heteroatoms. The number of hydrogen-bond acceptors (Lipinski definition) is 5. The largest absolute Gasteiger partial charge is 0.456 e. The molecule has 0 radical (unpaired) electrons. The van der Waals surface area contributed by atoms with Gasteiger partial charge in [-0.05, 0) is 97.0 Å². The highest BCUT2D eigenvalue weighted by Crippen LogP contribution is 2.42. The number of fused-ring (bicyclic) bond motifs is 10. The number of furan rings is 2. The highest BCUT2D eigenvalue weighted by molar-refractivity contribution is 6.19. The summed E-state index contributed by atoms with van der Waals surface area (Å²) in [6.07, 6.45) is 0. The number of aromatic nitrogens is 3. The summed E-state index contributed by atoms with van der Waals surface area (Å²) in [4.78, 5) is 15.8. The second-order valence-corrected chi connectivity index (χ2v) is 15.9. The summed E-state index contributed by atoms with van der Waals surface area (Å²) in [5, 5.41) is 11.0. The first-order valence-electron chi connectivity index (χ1n) is 20.8. The maximum atomic E-state index is 6.31. The van der Waals surface area contributed by atoms with Gasteiger partial charge in [0.05, 0.1) is 0 Å². The molecule has 0 bridgehead atoms. The molecule has 0 fully saturated rings. The van der Waals surface area contributed by atoms with Gasteiger partial charge in [-0.3, -0.25) is 0 Å². The van der Waals surface area contributed by atoms with Crippen molar-refractivity contribution in [1.29, 1.82) is 0 Å². The summed E-state index contributed by atoms with van der Waals surface area (Å²) < 4.78 is 12.5. The molecule has 10 aromatic carbocycles. The zero-order valence-corrected chi connectivity index (χ0v) is 33.2. The highest BCUT2D eigenvalue weighted by atomic mass is 16.3. The molecular formula is C57H33N3O2. The Hall–Kier alpha value is -8.41. The van der Waals surface area contributed by atoms with Crippen molar-refractivity contribution in [2.75, 3.05) is 0 Å². The van der Waals surface area contributed by atoms with Gasteiger partial charge in [0.1, 0.15) is 22.3 Å². The average Bonchev–Trinajstić information content (AvgIpc) is 3.92. The van der Waals surface area contributed by atoms with Crippen molar-refractivity contribution < 1.29 is 8.83 Å².